The number of hydrogen-bond donors (Lipinski definition) is 0. The summed E-state index contributed by atoms with van der Waals surface area (Å²) in [5.74, 6) is 0.979. The van der Waals surface area contributed by atoms with Crippen molar-refractivity contribution in [3.05, 3.63) is 210 Å². The van der Waals surface area contributed by atoms with Crippen molar-refractivity contribution in [2.75, 3.05) is 9.80 Å². The predicted octanol–water partition coefficient (Wildman–Crippen LogP) is 14.7. The van der Waals surface area contributed by atoms with E-state index in [0.717, 1.165) is 29.2 Å². The van der Waals surface area contributed by atoms with Crippen LogP contribution in [0.3, 0.4) is 0 Å². The third-order valence-electron chi connectivity index (χ3n) is 11.9. The van der Waals surface area contributed by atoms with Gasteiger partial charge >= 0.3 is 0 Å². The van der Waals surface area contributed by atoms with Crippen LogP contribution in [0.25, 0.3) is 32.4 Å². The maximum atomic E-state index is 6.39. The highest BCUT2D eigenvalue weighted by Gasteiger charge is 2.48. The molecule has 5 heteroatoms. The summed E-state index contributed by atoms with van der Waals surface area (Å²) >= 11 is 3.99. The monoisotopic (exact) mass is 768 g/mol. The van der Waals surface area contributed by atoms with Crippen LogP contribution in [0.2, 0.25) is 0 Å². The molecule has 8 aromatic rings. The van der Waals surface area contributed by atoms with Crippen molar-refractivity contribution in [2.45, 2.75) is 28.7 Å². The Morgan fingerprint density at radius 2 is 1.35 bits per heavy atom. The number of allylic oxidation sites excluding steroid dienone is 2. The molecular weight excluding hydrogens is 733 g/mol. The van der Waals surface area contributed by atoms with Crippen LogP contribution in [0.1, 0.15) is 39.3 Å². The maximum Gasteiger partial charge on any atom is 0.128 e. The van der Waals surface area contributed by atoms with Crippen LogP contribution < -0.4 is 14.5 Å². The molecule has 272 valence electrons. The lowest BCUT2D eigenvalue weighted by Crippen LogP contribution is -2.19. The number of thiophene rings is 1. The molecule has 0 saturated carbocycles. The second-order valence-corrected chi connectivity index (χ2v) is 17.4. The second-order valence-electron chi connectivity index (χ2n) is 15.1. The van der Waals surface area contributed by atoms with Gasteiger partial charge in [-0.15, -0.1) is 23.1 Å². The first-order chi connectivity index (χ1) is 28.3. The van der Waals surface area contributed by atoms with Gasteiger partial charge in [0.2, 0.25) is 0 Å². The molecule has 0 amide bonds. The Morgan fingerprint density at radius 3 is 2.23 bits per heavy atom. The molecular formula is C52H36N2OS2. The van der Waals surface area contributed by atoms with E-state index in [1.165, 1.54) is 70.2 Å². The number of ether oxygens (including phenoxy) is 1. The van der Waals surface area contributed by atoms with Crippen LogP contribution in [0.4, 0.5) is 28.4 Å². The highest BCUT2D eigenvalue weighted by molar-refractivity contribution is 8.00. The first kappa shape index (κ1) is 32.9. The van der Waals surface area contributed by atoms with Crippen molar-refractivity contribution in [1.82, 2.24) is 0 Å². The highest BCUT2D eigenvalue weighted by Crippen LogP contribution is 2.67. The highest BCUT2D eigenvalue weighted by atomic mass is 32.2. The van der Waals surface area contributed by atoms with Crippen molar-refractivity contribution in [1.29, 1.82) is 0 Å². The van der Waals surface area contributed by atoms with Crippen molar-refractivity contribution >= 4 is 72.8 Å². The number of anilines is 5. The molecule has 0 fully saturated rings. The summed E-state index contributed by atoms with van der Waals surface area (Å²) in [6.07, 6.45) is 5.47. The van der Waals surface area contributed by atoms with E-state index in [4.69, 9.17) is 4.74 Å². The third-order valence-corrected chi connectivity index (χ3v) is 14.6. The first-order valence-corrected chi connectivity index (χ1v) is 21.4. The van der Waals surface area contributed by atoms with Crippen LogP contribution in [-0.2, 0) is 0 Å². The molecule has 0 radical (unpaired) electrons. The minimum Gasteiger partial charge on any atom is -0.485 e. The fourth-order valence-electron chi connectivity index (χ4n) is 9.36. The number of thioether (sulfide) groups is 1. The van der Waals surface area contributed by atoms with E-state index in [1.54, 1.807) is 0 Å². The molecule has 57 heavy (non-hydrogen) atoms. The fraction of sp³-hybridized carbons (Fsp3) is 0.0769. The zero-order valence-electron chi connectivity index (χ0n) is 31.0. The van der Waals surface area contributed by atoms with Gasteiger partial charge in [-0.2, -0.15) is 0 Å². The molecule has 12 rings (SSSR count). The second kappa shape index (κ2) is 13.2. The number of fused-ring (bicyclic) bond motifs is 10. The van der Waals surface area contributed by atoms with Crippen LogP contribution in [0.15, 0.2) is 193 Å². The Labute approximate surface area is 340 Å². The Hall–Kier alpha value is -6.27. The molecule has 0 N–H and O–H groups in total. The van der Waals surface area contributed by atoms with Gasteiger partial charge in [0.25, 0.3) is 0 Å². The van der Waals surface area contributed by atoms with E-state index >= 15 is 0 Å². The molecule has 1 aliphatic carbocycles. The molecule has 1 aromatic heterocycles. The predicted molar refractivity (Wildman–Crippen MR) is 240 cm³/mol. The third kappa shape index (κ3) is 5.26. The molecule has 4 aliphatic rings. The van der Waals surface area contributed by atoms with E-state index < -0.39 is 0 Å². The molecule has 3 aliphatic heterocycles. The van der Waals surface area contributed by atoms with Gasteiger partial charge in [0.15, 0.2) is 0 Å². The number of nitrogens with zero attached hydrogens (tertiary/aromatic N) is 2. The molecule has 3 unspecified atom stereocenters. The van der Waals surface area contributed by atoms with Crippen LogP contribution in [0, 0.1) is 0 Å². The lowest BCUT2D eigenvalue weighted by molar-refractivity contribution is 0.279. The van der Waals surface area contributed by atoms with Crippen LogP contribution >= 0.6 is 23.1 Å². The average Bonchev–Trinajstić information content (AvgIpc) is 4.03. The Morgan fingerprint density at radius 1 is 0.614 bits per heavy atom. The molecule has 0 bridgehead atoms. The molecule has 0 spiro atoms. The smallest absolute Gasteiger partial charge is 0.128 e. The van der Waals surface area contributed by atoms with Gasteiger partial charge in [-0.3, -0.25) is 0 Å². The van der Waals surface area contributed by atoms with Gasteiger partial charge in [0.1, 0.15) is 11.9 Å². The van der Waals surface area contributed by atoms with Gasteiger partial charge in [-0.1, -0.05) is 121 Å². The fourth-order valence-corrected chi connectivity index (χ4v) is 12.2. The molecule has 0 saturated heterocycles. The SMILES string of the molecule is C1=CC(c2ccc(N(c3ccc(N4c5c(sc6ccccc56)C5Sc6ccccc6C54)cc3)c3cccc(-c4ccccc4)c3)cc2)=C2c3ccccc3OC2C1. The summed E-state index contributed by atoms with van der Waals surface area (Å²) in [7, 11) is 0. The van der Waals surface area contributed by atoms with Gasteiger partial charge < -0.3 is 14.5 Å². The van der Waals surface area contributed by atoms with Gasteiger partial charge in [0, 0.05) is 60.2 Å². The van der Waals surface area contributed by atoms with Crippen molar-refractivity contribution < 1.29 is 4.74 Å². The van der Waals surface area contributed by atoms with Gasteiger partial charge in [-0.25, -0.2) is 0 Å². The number of para-hydroxylation sites is 1. The number of hydrogen-bond acceptors (Lipinski definition) is 5. The van der Waals surface area contributed by atoms with E-state index in [0.29, 0.717) is 5.25 Å². The van der Waals surface area contributed by atoms with Crippen molar-refractivity contribution in [3.8, 4) is 16.9 Å². The largest absolute Gasteiger partial charge is 0.485 e. The first-order valence-electron chi connectivity index (χ1n) is 19.7. The quantitative estimate of drug-likeness (QED) is 0.167. The Balaban J connectivity index is 0.966. The van der Waals surface area contributed by atoms with E-state index in [-0.39, 0.29) is 12.1 Å². The Kier molecular flexibility index (Phi) is 7.60. The van der Waals surface area contributed by atoms with E-state index in [2.05, 4.69) is 198 Å². The standard InChI is InChI=1S/C52H36N2OS2/c1-2-12-33(13-3-1)35-14-10-15-39(32-35)53(36-26-24-34(25-27-36)40-19-11-21-45-48(40)41-16-4-7-20-44(41)55-45)37-28-30-38(31-29-37)54-49-42-17-5-8-22-46(42)56-51(49)52-50(54)43-18-6-9-23-47(43)57-52/h1-20,22-32,45,49,51H,21H2. The molecule has 7 aromatic carbocycles. The van der Waals surface area contributed by atoms with E-state index in [9.17, 15) is 0 Å². The molecule has 4 heterocycles. The van der Waals surface area contributed by atoms with Crippen molar-refractivity contribution in [2.24, 2.45) is 0 Å². The lowest BCUT2D eigenvalue weighted by atomic mass is 9.87. The number of benzene rings is 7. The minimum absolute atomic E-state index is 0.0585. The van der Waals surface area contributed by atoms with Crippen molar-refractivity contribution in [3.63, 3.8) is 0 Å². The molecule has 3 atom stereocenters. The summed E-state index contributed by atoms with van der Waals surface area (Å²) in [6.45, 7) is 0. The van der Waals surface area contributed by atoms with Crippen LogP contribution in [-0.4, -0.2) is 6.10 Å². The summed E-state index contributed by atoms with van der Waals surface area (Å²) in [5.41, 5.74) is 14.7. The molecule has 3 nitrogen and oxygen atoms in total. The van der Waals surface area contributed by atoms with Gasteiger partial charge in [0.05, 0.1) is 17.0 Å². The Bertz CT molecular complexity index is 2910. The summed E-state index contributed by atoms with van der Waals surface area (Å²) < 4.78 is 7.74. The minimum atomic E-state index is 0.0585. The lowest BCUT2D eigenvalue weighted by Gasteiger charge is -2.30. The number of rotatable bonds is 6. The maximum absolute atomic E-state index is 6.39. The van der Waals surface area contributed by atoms with Crippen LogP contribution in [0.5, 0.6) is 5.75 Å². The average molecular weight is 769 g/mol. The van der Waals surface area contributed by atoms with E-state index in [1.807, 2.05) is 23.1 Å². The zero-order valence-corrected chi connectivity index (χ0v) is 32.6. The van der Waals surface area contributed by atoms with Gasteiger partial charge in [-0.05, 0) is 94.6 Å². The summed E-state index contributed by atoms with van der Waals surface area (Å²) in [4.78, 5) is 7.89. The summed E-state index contributed by atoms with van der Waals surface area (Å²) in [5, 5.41) is 1.72. The zero-order chi connectivity index (χ0) is 37.5. The summed E-state index contributed by atoms with van der Waals surface area (Å²) in [6, 6.07) is 64.5. The topological polar surface area (TPSA) is 15.7 Å². The normalized spacial score (nSPS) is 18.5.